The number of carbonyl (C=O) groups is 4. The van der Waals surface area contributed by atoms with Crippen LogP contribution >= 0.6 is 11.3 Å². The summed E-state index contributed by atoms with van der Waals surface area (Å²) in [6.07, 6.45) is 0. The Hall–Kier alpha value is -4.58. The first-order chi connectivity index (χ1) is 18.7. The van der Waals surface area contributed by atoms with Gasteiger partial charge in [0.2, 0.25) is 5.75 Å². The van der Waals surface area contributed by atoms with Crippen LogP contribution < -0.4 is 24.8 Å². The third-order valence-electron chi connectivity index (χ3n) is 5.55. The number of esters is 2. The van der Waals surface area contributed by atoms with Crippen molar-refractivity contribution >= 4 is 45.8 Å². The molecule has 11 nitrogen and oxygen atoms in total. The maximum Gasteiger partial charge on any atom is 0.341 e. The fourth-order valence-electron chi connectivity index (χ4n) is 3.65. The molecule has 0 bridgehead atoms. The lowest BCUT2D eigenvalue weighted by atomic mass is 10.1. The Bertz CT molecular complexity index is 1370. The molecular formula is C27H28N2O9S. The molecule has 1 aromatic heterocycles. The van der Waals surface area contributed by atoms with Gasteiger partial charge < -0.3 is 34.3 Å². The Morgan fingerprint density at radius 1 is 0.795 bits per heavy atom. The van der Waals surface area contributed by atoms with Crippen LogP contribution in [0, 0.1) is 6.92 Å². The number of hydrogen-bond donors (Lipinski definition) is 2. The number of hydrogen-bond acceptors (Lipinski definition) is 10. The van der Waals surface area contributed by atoms with Crippen molar-refractivity contribution in [2.24, 2.45) is 0 Å². The lowest BCUT2D eigenvalue weighted by molar-refractivity contribution is 0.0525. The minimum Gasteiger partial charge on any atom is -0.493 e. The van der Waals surface area contributed by atoms with Gasteiger partial charge in [0.15, 0.2) is 11.5 Å². The van der Waals surface area contributed by atoms with E-state index < -0.39 is 23.8 Å². The van der Waals surface area contributed by atoms with E-state index in [1.807, 2.05) is 0 Å². The van der Waals surface area contributed by atoms with Gasteiger partial charge in [0.05, 0.1) is 51.1 Å². The molecule has 0 aliphatic carbocycles. The standard InChI is InChI=1S/C27H28N2O9S/c1-7-38-26(32)15-8-10-17(11-9-15)28-24(31)22-14(2)20(27(33)37-6)25(39-22)29-23(30)16-12-18(34-3)21(36-5)19(13-16)35-4/h8-13H,7H2,1-6H3,(H,28,31)(H,29,30). The van der Waals surface area contributed by atoms with Crippen LogP contribution in [0.4, 0.5) is 10.7 Å². The summed E-state index contributed by atoms with van der Waals surface area (Å²) in [4.78, 5) is 51.0. The van der Waals surface area contributed by atoms with Crippen molar-refractivity contribution in [1.29, 1.82) is 0 Å². The van der Waals surface area contributed by atoms with Crippen LogP contribution in [0.3, 0.4) is 0 Å². The van der Waals surface area contributed by atoms with Crippen molar-refractivity contribution in [3.8, 4) is 17.2 Å². The van der Waals surface area contributed by atoms with Crippen molar-refractivity contribution in [3.05, 3.63) is 63.5 Å². The minimum atomic E-state index is -0.721. The number of rotatable bonds is 10. The summed E-state index contributed by atoms with van der Waals surface area (Å²) in [6, 6.07) is 9.09. The lowest BCUT2D eigenvalue weighted by Crippen LogP contribution is -2.15. The highest BCUT2D eigenvalue weighted by molar-refractivity contribution is 7.19. The molecule has 39 heavy (non-hydrogen) atoms. The maximum absolute atomic E-state index is 13.2. The highest BCUT2D eigenvalue weighted by Crippen LogP contribution is 2.39. The fourth-order valence-corrected chi connectivity index (χ4v) is 4.73. The van der Waals surface area contributed by atoms with E-state index in [9.17, 15) is 19.2 Å². The van der Waals surface area contributed by atoms with E-state index >= 15 is 0 Å². The Morgan fingerprint density at radius 3 is 1.92 bits per heavy atom. The average molecular weight is 557 g/mol. The summed E-state index contributed by atoms with van der Waals surface area (Å²) in [5.74, 6) is -1.44. The number of thiophene rings is 1. The molecule has 0 atom stereocenters. The largest absolute Gasteiger partial charge is 0.493 e. The normalized spacial score (nSPS) is 10.3. The smallest absolute Gasteiger partial charge is 0.341 e. The Labute approximate surface area is 229 Å². The van der Waals surface area contributed by atoms with Crippen molar-refractivity contribution in [2.45, 2.75) is 13.8 Å². The number of anilines is 2. The van der Waals surface area contributed by atoms with E-state index in [2.05, 4.69) is 10.6 Å². The molecule has 0 fully saturated rings. The van der Waals surface area contributed by atoms with Gasteiger partial charge in [-0.3, -0.25) is 9.59 Å². The van der Waals surface area contributed by atoms with Gasteiger partial charge in [-0.25, -0.2) is 9.59 Å². The zero-order valence-electron chi connectivity index (χ0n) is 22.3. The summed E-state index contributed by atoms with van der Waals surface area (Å²) < 4.78 is 25.8. The van der Waals surface area contributed by atoms with Crippen molar-refractivity contribution < 1.29 is 42.9 Å². The molecule has 2 aromatic carbocycles. The minimum absolute atomic E-state index is 0.0473. The molecule has 2 N–H and O–H groups in total. The summed E-state index contributed by atoms with van der Waals surface area (Å²) in [5, 5.41) is 5.55. The van der Waals surface area contributed by atoms with Gasteiger partial charge in [-0.15, -0.1) is 11.3 Å². The highest BCUT2D eigenvalue weighted by atomic mass is 32.1. The first-order valence-electron chi connectivity index (χ1n) is 11.6. The number of ether oxygens (including phenoxy) is 5. The number of nitrogens with one attached hydrogen (secondary N) is 2. The van der Waals surface area contributed by atoms with Crippen LogP contribution in [-0.4, -0.2) is 58.8 Å². The molecule has 3 rings (SSSR count). The highest BCUT2D eigenvalue weighted by Gasteiger charge is 2.27. The average Bonchev–Trinajstić information content (AvgIpc) is 3.27. The maximum atomic E-state index is 13.2. The van der Waals surface area contributed by atoms with Crippen LogP contribution in [0.2, 0.25) is 0 Å². The quantitative estimate of drug-likeness (QED) is 0.344. The Morgan fingerprint density at radius 2 is 1.41 bits per heavy atom. The SMILES string of the molecule is CCOC(=O)c1ccc(NC(=O)c2sc(NC(=O)c3cc(OC)c(OC)c(OC)c3)c(C(=O)OC)c2C)cc1. The van der Waals surface area contributed by atoms with Gasteiger partial charge >= 0.3 is 11.9 Å². The number of methoxy groups -OCH3 is 4. The number of amides is 2. The van der Waals surface area contributed by atoms with Crippen LogP contribution in [-0.2, 0) is 9.47 Å². The first-order valence-corrected chi connectivity index (χ1v) is 12.4. The third-order valence-corrected chi connectivity index (χ3v) is 6.76. The van der Waals surface area contributed by atoms with E-state index in [0.717, 1.165) is 11.3 Å². The molecule has 12 heteroatoms. The molecular weight excluding hydrogens is 528 g/mol. The van der Waals surface area contributed by atoms with E-state index in [4.69, 9.17) is 23.7 Å². The summed E-state index contributed by atoms with van der Waals surface area (Å²) in [6.45, 7) is 3.53. The molecule has 3 aromatic rings. The topological polar surface area (TPSA) is 138 Å². The van der Waals surface area contributed by atoms with E-state index in [0.29, 0.717) is 22.6 Å². The molecule has 206 valence electrons. The molecule has 0 unspecified atom stereocenters. The Kier molecular flexibility index (Phi) is 9.50. The molecule has 2 amide bonds. The van der Waals surface area contributed by atoms with Crippen molar-refractivity contribution in [3.63, 3.8) is 0 Å². The van der Waals surface area contributed by atoms with E-state index in [1.165, 1.54) is 52.7 Å². The van der Waals surface area contributed by atoms with Gasteiger partial charge in [0.25, 0.3) is 11.8 Å². The summed E-state index contributed by atoms with van der Waals surface area (Å²) in [5.41, 5.74) is 1.30. The van der Waals surface area contributed by atoms with Crippen LogP contribution in [0.5, 0.6) is 17.2 Å². The van der Waals surface area contributed by atoms with Gasteiger partial charge in [-0.05, 0) is 55.8 Å². The summed E-state index contributed by atoms with van der Waals surface area (Å²) >= 11 is 0.916. The lowest BCUT2D eigenvalue weighted by Gasteiger charge is -2.14. The molecule has 0 saturated heterocycles. The van der Waals surface area contributed by atoms with Gasteiger partial charge in [-0.2, -0.15) is 0 Å². The second-order valence-corrected chi connectivity index (χ2v) is 8.89. The molecule has 0 aliphatic rings. The molecule has 1 heterocycles. The molecule has 0 spiro atoms. The van der Waals surface area contributed by atoms with Crippen LogP contribution in [0.1, 0.15) is 53.2 Å². The second kappa shape index (κ2) is 12.8. The van der Waals surface area contributed by atoms with E-state index in [1.54, 1.807) is 26.0 Å². The number of benzene rings is 2. The van der Waals surface area contributed by atoms with Crippen LogP contribution in [0.25, 0.3) is 0 Å². The van der Waals surface area contributed by atoms with Crippen LogP contribution in [0.15, 0.2) is 36.4 Å². The van der Waals surface area contributed by atoms with Crippen molar-refractivity contribution in [1.82, 2.24) is 0 Å². The van der Waals surface area contributed by atoms with Gasteiger partial charge in [-0.1, -0.05) is 0 Å². The van der Waals surface area contributed by atoms with Gasteiger partial charge in [0.1, 0.15) is 5.00 Å². The molecule has 0 radical (unpaired) electrons. The Balaban J connectivity index is 1.91. The zero-order chi connectivity index (χ0) is 28.7. The van der Waals surface area contributed by atoms with E-state index in [-0.39, 0.29) is 39.1 Å². The third kappa shape index (κ3) is 6.29. The second-order valence-electron chi connectivity index (χ2n) is 7.87. The zero-order valence-corrected chi connectivity index (χ0v) is 23.1. The molecule has 0 saturated carbocycles. The predicted molar refractivity (Wildman–Crippen MR) is 145 cm³/mol. The summed E-state index contributed by atoms with van der Waals surface area (Å²) in [7, 11) is 5.49. The number of carbonyl (C=O) groups excluding carboxylic acids is 4. The van der Waals surface area contributed by atoms with Gasteiger partial charge in [0, 0.05) is 11.3 Å². The monoisotopic (exact) mass is 556 g/mol. The first kappa shape index (κ1) is 29.0. The van der Waals surface area contributed by atoms with Crippen molar-refractivity contribution in [2.75, 3.05) is 45.7 Å². The molecule has 0 aliphatic heterocycles. The fraction of sp³-hybridized carbons (Fsp3) is 0.259. The predicted octanol–water partition coefficient (Wildman–Crippen LogP) is 4.55.